The molecule has 6 nitrogen and oxygen atoms in total. The molecule has 2 heterocycles. The molecule has 0 atom stereocenters. The number of anilines is 1. The van der Waals surface area contributed by atoms with Crippen molar-refractivity contribution in [2.45, 2.75) is 37.3 Å². The first-order valence-electron chi connectivity index (χ1n) is 6.77. The topological polar surface area (TPSA) is 84.2 Å². The molecular weight excluding hydrogens is 290 g/mol. The van der Waals surface area contributed by atoms with Crippen molar-refractivity contribution in [3.63, 3.8) is 0 Å². The lowest BCUT2D eigenvalue weighted by Gasteiger charge is -2.08. The van der Waals surface area contributed by atoms with E-state index in [4.69, 9.17) is 0 Å². The van der Waals surface area contributed by atoms with E-state index in [0.29, 0.717) is 23.1 Å². The fraction of sp³-hybridized carbons (Fsp3) is 0.357. The number of nitrogens with one attached hydrogen (secondary N) is 1. The first-order chi connectivity index (χ1) is 10.0. The number of hydrogen-bond donors (Lipinski definition) is 2. The van der Waals surface area contributed by atoms with Crippen molar-refractivity contribution in [1.29, 1.82) is 0 Å². The Balaban J connectivity index is 1.93. The molecule has 0 aliphatic heterocycles. The number of rotatable bonds is 5. The second-order valence-electron chi connectivity index (χ2n) is 5.21. The van der Waals surface area contributed by atoms with Crippen molar-refractivity contribution >= 4 is 15.7 Å². The number of aromatic nitrogens is 2. The summed E-state index contributed by atoms with van der Waals surface area (Å²) in [5.74, 6) is 0. The average molecular weight is 307 g/mol. The Morgan fingerprint density at radius 2 is 2.24 bits per heavy atom. The molecule has 7 heteroatoms. The lowest BCUT2D eigenvalue weighted by Crippen LogP contribution is -2.13. The van der Waals surface area contributed by atoms with E-state index >= 15 is 0 Å². The minimum atomic E-state index is -3.68. The molecule has 2 N–H and O–H groups in total. The number of aryl methyl sites for hydroxylation is 1. The van der Waals surface area contributed by atoms with Crippen LogP contribution in [0.4, 0.5) is 5.69 Å². The van der Waals surface area contributed by atoms with Gasteiger partial charge in [0.2, 0.25) is 0 Å². The Morgan fingerprint density at radius 1 is 1.48 bits per heavy atom. The summed E-state index contributed by atoms with van der Waals surface area (Å²) in [4.78, 5) is 4.23. The van der Waals surface area contributed by atoms with Crippen molar-refractivity contribution in [1.82, 2.24) is 9.55 Å². The molecule has 2 aromatic heterocycles. The first kappa shape index (κ1) is 14.1. The summed E-state index contributed by atoms with van der Waals surface area (Å²) in [5, 5.41) is 9.36. The standard InChI is InChI=1S/C14H17N3O3S/c1-10-14(3-2-6-15-10)16-21(19,20)13-7-12(9-18)17(8-13)11-4-5-11/h2-3,6-8,11,16,18H,4-5,9H2,1H3. The number of nitrogens with zero attached hydrogens (tertiary/aromatic N) is 2. The molecule has 2 aromatic rings. The summed E-state index contributed by atoms with van der Waals surface area (Å²) in [6.07, 6.45) is 5.25. The molecule has 1 aliphatic rings. The van der Waals surface area contributed by atoms with E-state index < -0.39 is 10.0 Å². The van der Waals surface area contributed by atoms with Crippen LogP contribution < -0.4 is 4.72 Å². The third-order valence-electron chi connectivity index (χ3n) is 3.57. The van der Waals surface area contributed by atoms with E-state index in [1.807, 2.05) is 4.57 Å². The normalized spacial score (nSPS) is 15.1. The summed E-state index contributed by atoms with van der Waals surface area (Å²) in [6.45, 7) is 1.57. The average Bonchev–Trinajstić information content (AvgIpc) is 3.19. The Bertz CT molecular complexity index is 764. The van der Waals surface area contributed by atoms with Gasteiger partial charge in [0.15, 0.2) is 0 Å². The zero-order valence-corrected chi connectivity index (χ0v) is 12.5. The molecule has 0 saturated heterocycles. The van der Waals surface area contributed by atoms with Crippen molar-refractivity contribution in [3.05, 3.63) is 42.0 Å². The highest BCUT2D eigenvalue weighted by atomic mass is 32.2. The van der Waals surface area contributed by atoms with Gasteiger partial charge in [-0.3, -0.25) is 9.71 Å². The van der Waals surface area contributed by atoms with Gasteiger partial charge in [-0.05, 0) is 38.0 Å². The van der Waals surface area contributed by atoms with E-state index in [0.717, 1.165) is 12.8 Å². The number of sulfonamides is 1. The number of aliphatic hydroxyl groups excluding tert-OH is 1. The zero-order valence-electron chi connectivity index (χ0n) is 11.7. The fourth-order valence-corrected chi connectivity index (χ4v) is 3.43. The van der Waals surface area contributed by atoms with Gasteiger partial charge in [0.1, 0.15) is 4.90 Å². The van der Waals surface area contributed by atoms with Crippen molar-refractivity contribution in [2.24, 2.45) is 0 Å². The summed E-state index contributed by atoms with van der Waals surface area (Å²) in [7, 11) is -3.68. The zero-order chi connectivity index (χ0) is 15.0. The van der Waals surface area contributed by atoms with Crippen molar-refractivity contribution in [3.8, 4) is 0 Å². The van der Waals surface area contributed by atoms with Crippen LogP contribution in [-0.2, 0) is 16.6 Å². The maximum Gasteiger partial charge on any atom is 0.263 e. The van der Waals surface area contributed by atoms with Crippen LogP contribution in [0.5, 0.6) is 0 Å². The fourth-order valence-electron chi connectivity index (χ4n) is 2.26. The van der Waals surface area contributed by atoms with Gasteiger partial charge < -0.3 is 9.67 Å². The van der Waals surface area contributed by atoms with Gasteiger partial charge >= 0.3 is 0 Å². The van der Waals surface area contributed by atoms with Gasteiger partial charge in [-0.15, -0.1) is 0 Å². The van der Waals surface area contributed by atoms with E-state index in [2.05, 4.69) is 9.71 Å². The third kappa shape index (κ3) is 2.79. The van der Waals surface area contributed by atoms with Gasteiger partial charge in [-0.2, -0.15) is 0 Å². The molecule has 0 bridgehead atoms. The Kier molecular flexibility index (Phi) is 3.46. The second-order valence-corrected chi connectivity index (χ2v) is 6.89. The quantitative estimate of drug-likeness (QED) is 0.882. The molecule has 1 saturated carbocycles. The van der Waals surface area contributed by atoms with Crippen LogP contribution in [0, 0.1) is 6.92 Å². The van der Waals surface area contributed by atoms with E-state index in [1.54, 1.807) is 31.5 Å². The Hall–Kier alpha value is -1.86. The molecule has 112 valence electrons. The van der Waals surface area contributed by atoms with Crippen LogP contribution in [0.15, 0.2) is 35.5 Å². The minimum Gasteiger partial charge on any atom is -0.390 e. The molecular formula is C14H17N3O3S. The second kappa shape index (κ2) is 5.16. The van der Waals surface area contributed by atoms with Gasteiger partial charge in [0.05, 0.1) is 18.0 Å². The van der Waals surface area contributed by atoms with Crippen LogP contribution in [-0.4, -0.2) is 23.1 Å². The maximum absolute atomic E-state index is 12.4. The molecule has 0 unspecified atom stereocenters. The van der Waals surface area contributed by atoms with E-state index in [1.165, 1.54) is 6.07 Å². The largest absolute Gasteiger partial charge is 0.390 e. The molecule has 3 rings (SSSR count). The molecule has 0 aromatic carbocycles. The van der Waals surface area contributed by atoms with Crippen LogP contribution in [0.3, 0.4) is 0 Å². The van der Waals surface area contributed by atoms with Crippen LogP contribution in [0.2, 0.25) is 0 Å². The highest BCUT2D eigenvalue weighted by Crippen LogP contribution is 2.37. The molecule has 0 amide bonds. The third-order valence-corrected chi connectivity index (χ3v) is 4.90. The van der Waals surface area contributed by atoms with Gasteiger partial charge in [0, 0.05) is 24.1 Å². The lowest BCUT2D eigenvalue weighted by molar-refractivity contribution is 0.270. The van der Waals surface area contributed by atoms with Crippen LogP contribution in [0.25, 0.3) is 0 Å². The SMILES string of the molecule is Cc1ncccc1NS(=O)(=O)c1cc(CO)n(C2CC2)c1. The molecule has 0 spiro atoms. The first-order valence-corrected chi connectivity index (χ1v) is 8.25. The summed E-state index contributed by atoms with van der Waals surface area (Å²) < 4.78 is 29.3. The summed E-state index contributed by atoms with van der Waals surface area (Å²) in [5.41, 5.74) is 1.70. The van der Waals surface area contributed by atoms with Crippen LogP contribution in [0.1, 0.15) is 30.3 Å². The Labute approximate surface area is 123 Å². The number of hydrogen-bond acceptors (Lipinski definition) is 4. The molecule has 21 heavy (non-hydrogen) atoms. The highest BCUT2D eigenvalue weighted by molar-refractivity contribution is 7.92. The Morgan fingerprint density at radius 3 is 2.86 bits per heavy atom. The lowest BCUT2D eigenvalue weighted by atomic mass is 10.3. The smallest absolute Gasteiger partial charge is 0.263 e. The van der Waals surface area contributed by atoms with E-state index in [-0.39, 0.29) is 11.5 Å². The monoisotopic (exact) mass is 307 g/mol. The van der Waals surface area contributed by atoms with Crippen LogP contribution >= 0.6 is 0 Å². The number of pyridine rings is 1. The van der Waals surface area contributed by atoms with Gasteiger partial charge in [0.25, 0.3) is 10.0 Å². The maximum atomic E-state index is 12.4. The summed E-state index contributed by atoms with van der Waals surface area (Å²) in [6, 6.07) is 5.19. The molecule has 1 fully saturated rings. The van der Waals surface area contributed by atoms with Gasteiger partial charge in [-0.1, -0.05) is 0 Å². The van der Waals surface area contributed by atoms with Gasteiger partial charge in [-0.25, -0.2) is 8.42 Å². The summed E-state index contributed by atoms with van der Waals surface area (Å²) >= 11 is 0. The van der Waals surface area contributed by atoms with Crippen molar-refractivity contribution < 1.29 is 13.5 Å². The highest BCUT2D eigenvalue weighted by Gasteiger charge is 2.28. The predicted molar refractivity (Wildman–Crippen MR) is 78.4 cm³/mol. The number of aliphatic hydroxyl groups is 1. The van der Waals surface area contributed by atoms with Crippen molar-refractivity contribution in [2.75, 3.05) is 4.72 Å². The van der Waals surface area contributed by atoms with E-state index in [9.17, 15) is 13.5 Å². The molecule has 0 radical (unpaired) electrons. The predicted octanol–water partition coefficient (Wildman–Crippen LogP) is 1.82. The minimum absolute atomic E-state index is 0.168. The molecule has 1 aliphatic carbocycles.